The van der Waals surface area contributed by atoms with Crippen molar-refractivity contribution in [3.05, 3.63) is 34.4 Å². The highest BCUT2D eigenvalue weighted by Gasteiger charge is 2.18. The normalized spacial score (nSPS) is 18.4. The molecule has 1 nitrogen and oxygen atoms in total. The van der Waals surface area contributed by atoms with Crippen LogP contribution in [0.2, 0.25) is 0 Å². The second-order valence-electron chi connectivity index (χ2n) is 4.37. The Bertz CT molecular complexity index is 350. The molecular weight excluding hydrogens is 424 g/mol. The van der Waals surface area contributed by atoms with Crippen molar-refractivity contribution in [1.29, 1.82) is 0 Å². The van der Waals surface area contributed by atoms with E-state index in [-0.39, 0.29) is 0 Å². The molecule has 0 saturated heterocycles. The Morgan fingerprint density at radius 1 is 1.25 bits per heavy atom. The van der Waals surface area contributed by atoms with Crippen molar-refractivity contribution in [2.45, 2.75) is 39.2 Å². The summed E-state index contributed by atoms with van der Waals surface area (Å²) in [4.78, 5) is 0. The minimum absolute atomic E-state index is 0.685. The first-order valence-electron chi connectivity index (χ1n) is 5.62. The first-order valence-corrected chi connectivity index (χ1v) is 11.9. The Kier molecular flexibility index (Phi) is 6.58. The molecule has 1 N–H and O–H groups in total. The summed E-state index contributed by atoms with van der Waals surface area (Å²) in [5.74, 6) is 0. The molecule has 0 bridgehead atoms. The summed E-state index contributed by atoms with van der Waals surface area (Å²) in [5.41, 5.74) is 6.11. The fourth-order valence-corrected chi connectivity index (χ4v) is 2.40. The van der Waals surface area contributed by atoms with Crippen LogP contribution in [0, 0.1) is 13.8 Å². The van der Waals surface area contributed by atoms with E-state index in [0.29, 0.717) is 6.04 Å². The number of nitrogens with one attached hydrogen (secondary N) is 1. The zero-order valence-corrected chi connectivity index (χ0v) is 14.4. The van der Waals surface area contributed by atoms with E-state index in [1.165, 1.54) is 30.4 Å². The van der Waals surface area contributed by atoms with Crippen LogP contribution in [-0.4, -0.2) is 13.1 Å². The molecule has 0 radical (unpaired) electrons. The Morgan fingerprint density at radius 2 is 1.94 bits per heavy atom. The van der Waals surface area contributed by atoms with Gasteiger partial charge in [0.1, 0.15) is 0 Å². The molecule has 2 rings (SSSR count). The maximum atomic E-state index is 3.38. The molecule has 1 aromatic rings. The lowest BCUT2D eigenvalue weighted by Gasteiger charge is -2.26. The molecule has 0 fully saturated rings. The van der Waals surface area contributed by atoms with Gasteiger partial charge in [-0.25, -0.2) is 0 Å². The number of benzene rings is 1. The van der Waals surface area contributed by atoms with Crippen LogP contribution >= 0.6 is 37.2 Å². The highest BCUT2D eigenvalue weighted by molar-refractivity contribution is 15.0. The lowest BCUT2D eigenvalue weighted by molar-refractivity contribution is 0.495. The Balaban J connectivity index is 0.000000606. The van der Waals surface area contributed by atoms with Gasteiger partial charge in [0.15, 0.2) is 0 Å². The summed E-state index contributed by atoms with van der Waals surface area (Å²) in [6.45, 7) is 4.47. The lowest BCUT2D eigenvalue weighted by atomic mass is 9.84. The van der Waals surface area contributed by atoms with E-state index < -0.39 is 0 Å². The molecule has 1 aliphatic rings. The summed E-state index contributed by atoms with van der Waals surface area (Å²) in [5, 5.41) is 3.38. The molecule has 1 aliphatic carbocycles. The second-order valence-corrected chi connectivity index (χ2v) is 4.37. The molecular formula is C13H19I2N. The number of aryl methyl sites for hydroxylation is 1. The predicted molar refractivity (Wildman–Crippen MR) is 88.8 cm³/mol. The number of halogens is 2. The topological polar surface area (TPSA) is 12.0 Å². The highest BCUT2D eigenvalue weighted by atomic mass is 128. The van der Waals surface area contributed by atoms with Crippen LogP contribution in [0.5, 0.6) is 0 Å². The second kappa shape index (κ2) is 7.16. The largest absolute Gasteiger partial charge is 0.317 e. The van der Waals surface area contributed by atoms with Crippen molar-refractivity contribution < 1.29 is 0 Å². The van der Waals surface area contributed by atoms with Gasteiger partial charge in [0.25, 0.3) is 0 Å². The van der Waals surface area contributed by atoms with Crippen LogP contribution in [-0.2, 0) is 12.8 Å². The third-order valence-corrected chi connectivity index (χ3v) is 3.58. The molecule has 3 heteroatoms. The van der Waals surface area contributed by atoms with Crippen LogP contribution in [0.4, 0.5) is 0 Å². The smallest absolute Gasteiger partial charge is 0.0108 e. The van der Waals surface area contributed by atoms with E-state index in [0.717, 1.165) is 0 Å². The third kappa shape index (κ3) is 3.32. The maximum Gasteiger partial charge on any atom is 0.0108 e. The van der Waals surface area contributed by atoms with Crippen molar-refractivity contribution in [3.8, 4) is 0 Å². The Morgan fingerprint density at radius 3 is 2.56 bits per heavy atom. The van der Waals surface area contributed by atoms with Gasteiger partial charge in [0, 0.05) is 43.3 Å². The van der Waals surface area contributed by atoms with Crippen LogP contribution in [0.3, 0.4) is 0 Å². The van der Waals surface area contributed by atoms with Crippen molar-refractivity contribution in [3.63, 3.8) is 0 Å². The zero-order chi connectivity index (χ0) is 12.1. The molecule has 16 heavy (non-hydrogen) atoms. The standard InChI is InChI=1S/C13H19N.I2/c1-9-4-5-11-8-12(14-3)6-7-13(11)10(9)2;1-2/h4-5,12,14H,6-8H2,1-3H3;. The van der Waals surface area contributed by atoms with Crippen molar-refractivity contribution >= 4 is 37.2 Å². The SMILES string of the molecule is CNC1CCc2c(ccc(C)c2C)C1.II. The average molecular weight is 443 g/mol. The lowest BCUT2D eigenvalue weighted by Crippen LogP contribution is -2.31. The van der Waals surface area contributed by atoms with E-state index in [1.807, 2.05) is 0 Å². The molecule has 0 saturated carbocycles. The predicted octanol–water partition coefficient (Wildman–Crippen LogP) is 4.15. The molecule has 1 atom stereocenters. The molecule has 1 aromatic carbocycles. The monoisotopic (exact) mass is 443 g/mol. The molecule has 0 aromatic heterocycles. The van der Waals surface area contributed by atoms with Gasteiger partial charge in [0.2, 0.25) is 0 Å². The number of likely N-dealkylation sites (N-methyl/N-ethyl adjacent to an activating group) is 1. The molecule has 0 spiro atoms. The average Bonchev–Trinajstić information content (AvgIpc) is 2.36. The molecule has 0 heterocycles. The fraction of sp³-hybridized carbons (Fsp3) is 0.538. The van der Waals surface area contributed by atoms with E-state index in [4.69, 9.17) is 0 Å². The van der Waals surface area contributed by atoms with Gasteiger partial charge < -0.3 is 5.32 Å². The van der Waals surface area contributed by atoms with Gasteiger partial charge in [-0.3, -0.25) is 0 Å². The fourth-order valence-electron chi connectivity index (χ4n) is 2.40. The van der Waals surface area contributed by atoms with Crippen LogP contribution in [0.1, 0.15) is 28.7 Å². The maximum absolute atomic E-state index is 3.38. The summed E-state index contributed by atoms with van der Waals surface area (Å²) >= 11 is 4.24. The van der Waals surface area contributed by atoms with Crippen LogP contribution < -0.4 is 5.32 Å². The minimum atomic E-state index is 0.685. The number of fused-ring (bicyclic) bond motifs is 1. The Labute approximate surface area is 122 Å². The van der Waals surface area contributed by atoms with Gasteiger partial charge >= 0.3 is 0 Å². The first kappa shape index (κ1) is 14.7. The van der Waals surface area contributed by atoms with E-state index >= 15 is 0 Å². The molecule has 0 amide bonds. The molecule has 90 valence electrons. The molecule has 1 unspecified atom stereocenters. The summed E-state index contributed by atoms with van der Waals surface area (Å²) < 4.78 is 0. The van der Waals surface area contributed by atoms with Crippen molar-refractivity contribution in [1.82, 2.24) is 5.32 Å². The zero-order valence-electron chi connectivity index (χ0n) is 10.1. The Hall–Kier alpha value is 0.640. The quantitative estimate of drug-likeness (QED) is 0.644. The van der Waals surface area contributed by atoms with Crippen molar-refractivity contribution in [2.75, 3.05) is 7.05 Å². The van der Waals surface area contributed by atoms with E-state index in [1.54, 1.807) is 11.1 Å². The summed E-state index contributed by atoms with van der Waals surface area (Å²) in [6.07, 6.45) is 3.73. The minimum Gasteiger partial charge on any atom is -0.317 e. The highest BCUT2D eigenvalue weighted by Crippen LogP contribution is 2.26. The number of rotatable bonds is 1. The van der Waals surface area contributed by atoms with Gasteiger partial charge in [-0.2, -0.15) is 0 Å². The van der Waals surface area contributed by atoms with Gasteiger partial charge in [0.05, 0.1) is 0 Å². The number of hydrogen-bond acceptors (Lipinski definition) is 1. The van der Waals surface area contributed by atoms with Gasteiger partial charge in [-0.1, -0.05) is 12.1 Å². The van der Waals surface area contributed by atoms with Crippen LogP contribution in [0.25, 0.3) is 0 Å². The first-order chi connectivity index (χ1) is 7.72. The van der Waals surface area contributed by atoms with Gasteiger partial charge in [-0.15, -0.1) is 0 Å². The van der Waals surface area contributed by atoms with E-state index in [9.17, 15) is 0 Å². The number of hydrogen-bond donors (Lipinski definition) is 1. The van der Waals surface area contributed by atoms with E-state index in [2.05, 4.69) is 75.6 Å². The summed E-state index contributed by atoms with van der Waals surface area (Å²) in [7, 11) is 2.07. The van der Waals surface area contributed by atoms with Gasteiger partial charge in [-0.05, 0) is 62.4 Å². The van der Waals surface area contributed by atoms with Crippen LogP contribution in [0.15, 0.2) is 12.1 Å². The van der Waals surface area contributed by atoms with Crippen molar-refractivity contribution in [2.24, 2.45) is 0 Å². The third-order valence-electron chi connectivity index (χ3n) is 3.58. The summed E-state index contributed by atoms with van der Waals surface area (Å²) in [6, 6.07) is 5.25. The molecule has 0 aliphatic heterocycles.